The largest absolute Gasteiger partial charge is 0.371 e. The molecule has 172 valence electrons. The Morgan fingerprint density at radius 3 is 2.72 bits per heavy atom. The summed E-state index contributed by atoms with van der Waals surface area (Å²) < 4.78 is 0. The maximum atomic E-state index is 6.03. The zero-order valence-corrected chi connectivity index (χ0v) is 20.9. The number of benzene rings is 2. The quantitative estimate of drug-likeness (QED) is 0.481. The Labute approximate surface area is 200 Å². The number of thiocarbonyl (C=S) groups is 1. The molecular weight excluding hydrogens is 410 g/mol. The van der Waals surface area contributed by atoms with Crippen LogP contribution in [-0.2, 0) is 13.0 Å². The summed E-state index contributed by atoms with van der Waals surface area (Å²) in [5.41, 5.74) is 6.69. The van der Waals surface area contributed by atoms with Gasteiger partial charge in [0.15, 0.2) is 5.11 Å². The van der Waals surface area contributed by atoms with Crippen molar-refractivity contribution >= 4 is 28.7 Å². The fourth-order valence-corrected chi connectivity index (χ4v) is 5.84. The highest BCUT2D eigenvalue weighted by molar-refractivity contribution is 7.80. The number of para-hydroxylation sites is 1. The van der Waals surface area contributed by atoms with Crippen molar-refractivity contribution in [1.82, 2.24) is 4.90 Å². The van der Waals surface area contributed by atoms with Gasteiger partial charge in [-0.05, 0) is 86.0 Å². The van der Waals surface area contributed by atoms with E-state index in [1.54, 1.807) is 0 Å². The lowest BCUT2D eigenvalue weighted by Crippen LogP contribution is -2.46. The highest BCUT2D eigenvalue weighted by atomic mass is 32.1. The van der Waals surface area contributed by atoms with Crippen molar-refractivity contribution in [3.63, 3.8) is 0 Å². The van der Waals surface area contributed by atoms with Crippen molar-refractivity contribution in [1.29, 1.82) is 0 Å². The van der Waals surface area contributed by atoms with Crippen LogP contribution in [0.3, 0.4) is 0 Å². The molecule has 0 aromatic heterocycles. The van der Waals surface area contributed by atoms with Crippen LogP contribution in [-0.4, -0.2) is 29.1 Å². The number of aryl methyl sites for hydroxylation is 2. The van der Waals surface area contributed by atoms with E-state index in [9.17, 15) is 0 Å². The van der Waals surface area contributed by atoms with Gasteiger partial charge in [0, 0.05) is 37.1 Å². The van der Waals surface area contributed by atoms with Crippen LogP contribution in [0.5, 0.6) is 0 Å². The molecule has 0 unspecified atom stereocenters. The topological polar surface area (TPSA) is 18.5 Å². The van der Waals surface area contributed by atoms with Gasteiger partial charge in [-0.2, -0.15) is 0 Å². The summed E-state index contributed by atoms with van der Waals surface area (Å²) >= 11 is 6.03. The van der Waals surface area contributed by atoms with E-state index in [-0.39, 0.29) is 0 Å². The number of nitrogens with zero attached hydrogens (tertiary/aromatic N) is 2. The molecule has 1 saturated carbocycles. The number of hydrogen-bond acceptors (Lipinski definition) is 2. The zero-order valence-electron chi connectivity index (χ0n) is 20.1. The minimum Gasteiger partial charge on any atom is -0.371 e. The van der Waals surface area contributed by atoms with Crippen LogP contribution in [0, 0.1) is 12.8 Å². The van der Waals surface area contributed by atoms with E-state index in [0.717, 1.165) is 23.9 Å². The molecule has 1 aliphatic carbocycles. The van der Waals surface area contributed by atoms with Gasteiger partial charge in [0.1, 0.15) is 0 Å². The Morgan fingerprint density at radius 2 is 1.94 bits per heavy atom. The molecule has 2 atom stereocenters. The zero-order chi connectivity index (χ0) is 22.5. The lowest BCUT2D eigenvalue weighted by molar-refractivity contribution is 0.177. The number of hydrogen-bond donors (Lipinski definition) is 1. The van der Waals surface area contributed by atoms with Gasteiger partial charge in [-0.1, -0.05) is 57.0 Å². The fourth-order valence-electron chi connectivity index (χ4n) is 5.53. The van der Waals surface area contributed by atoms with Crippen molar-refractivity contribution in [3.8, 4) is 0 Å². The first kappa shape index (κ1) is 23.1. The molecule has 1 aliphatic heterocycles. The molecule has 1 fully saturated rings. The average Bonchev–Trinajstić information content (AvgIpc) is 2.80. The predicted molar refractivity (Wildman–Crippen MR) is 142 cm³/mol. The molecule has 0 bridgehead atoms. The van der Waals surface area contributed by atoms with Crippen molar-refractivity contribution in [3.05, 3.63) is 59.2 Å². The second-order valence-corrected chi connectivity index (χ2v) is 10.1. The van der Waals surface area contributed by atoms with Gasteiger partial charge in [0.2, 0.25) is 0 Å². The van der Waals surface area contributed by atoms with E-state index in [2.05, 4.69) is 78.4 Å². The van der Waals surface area contributed by atoms with Crippen molar-refractivity contribution in [2.45, 2.75) is 78.3 Å². The molecular formula is C28H39N3S. The average molecular weight is 450 g/mol. The van der Waals surface area contributed by atoms with Crippen LogP contribution in [0.1, 0.15) is 69.1 Å². The van der Waals surface area contributed by atoms with Crippen molar-refractivity contribution in [2.75, 3.05) is 23.3 Å². The van der Waals surface area contributed by atoms with E-state index in [1.165, 1.54) is 73.9 Å². The minimum absolute atomic E-state index is 0.500. The maximum Gasteiger partial charge on any atom is 0.173 e. The van der Waals surface area contributed by atoms with Gasteiger partial charge in [-0.25, -0.2) is 0 Å². The minimum atomic E-state index is 0.500. The standard InChI is InChI=1S/C28H39N3S/c1-4-17-30-18-9-12-24-19-23(15-16-27(24)30)20-31(26-14-8-6-11-22(26)3)28(32)29-25-13-7-5-10-21(25)2/h5,7,10,13,15-16,19,22,26H,4,6,8-9,11-12,14,17-18,20H2,1-3H3,(H,29,32)/t22-,26+/m0/s1. The SMILES string of the molecule is CCCN1CCCc2cc(CN(C(=S)Nc3ccccc3C)[C@@H]3CCCC[C@@H]3C)ccc21. The Morgan fingerprint density at radius 1 is 1.12 bits per heavy atom. The summed E-state index contributed by atoms with van der Waals surface area (Å²) in [6.07, 6.45) is 8.82. The van der Waals surface area contributed by atoms with Crippen molar-refractivity contribution in [2.24, 2.45) is 5.92 Å². The first-order chi connectivity index (χ1) is 15.6. The first-order valence-corrected chi connectivity index (χ1v) is 13.0. The van der Waals surface area contributed by atoms with E-state index >= 15 is 0 Å². The van der Waals surface area contributed by atoms with Crippen LogP contribution in [0.2, 0.25) is 0 Å². The van der Waals surface area contributed by atoms with Crippen LogP contribution < -0.4 is 10.2 Å². The Bertz CT molecular complexity index is 925. The summed E-state index contributed by atoms with van der Waals surface area (Å²) in [7, 11) is 0. The number of rotatable bonds is 6. The molecule has 1 heterocycles. The summed E-state index contributed by atoms with van der Waals surface area (Å²) in [6.45, 7) is 10.0. The third-order valence-electron chi connectivity index (χ3n) is 7.32. The van der Waals surface area contributed by atoms with Gasteiger partial charge in [0.25, 0.3) is 0 Å². The Hall–Kier alpha value is -2.07. The second-order valence-electron chi connectivity index (χ2n) is 9.76. The Balaban J connectivity index is 1.58. The second kappa shape index (κ2) is 10.7. The van der Waals surface area contributed by atoms with E-state index in [4.69, 9.17) is 12.2 Å². The molecule has 0 amide bonds. The normalized spacial score (nSPS) is 20.5. The summed E-state index contributed by atoms with van der Waals surface area (Å²) in [5.74, 6) is 0.665. The molecule has 32 heavy (non-hydrogen) atoms. The van der Waals surface area contributed by atoms with E-state index in [1.807, 2.05) is 0 Å². The highest BCUT2D eigenvalue weighted by Crippen LogP contribution is 2.32. The molecule has 4 heteroatoms. The van der Waals surface area contributed by atoms with Gasteiger partial charge < -0.3 is 15.1 Å². The summed E-state index contributed by atoms with van der Waals surface area (Å²) in [4.78, 5) is 5.05. The van der Waals surface area contributed by atoms with E-state index < -0.39 is 0 Å². The third-order valence-corrected chi connectivity index (χ3v) is 7.66. The molecule has 2 aromatic carbocycles. The number of anilines is 2. The van der Waals surface area contributed by atoms with Gasteiger partial charge in [-0.15, -0.1) is 0 Å². The lowest BCUT2D eigenvalue weighted by Gasteiger charge is -2.40. The summed E-state index contributed by atoms with van der Waals surface area (Å²) in [6, 6.07) is 16.1. The van der Waals surface area contributed by atoms with Crippen LogP contribution >= 0.6 is 12.2 Å². The smallest absolute Gasteiger partial charge is 0.173 e. The number of nitrogens with one attached hydrogen (secondary N) is 1. The van der Waals surface area contributed by atoms with Crippen LogP contribution in [0.25, 0.3) is 0 Å². The first-order valence-electron chi connectivity index (χ1n) is 12.6. The number of fused-ring (bicyclic) bond motifs is 1. The maximum absolute atomic E-state index is 6.03. The molecule has 0 radical (unpaired) electrons. The summed E-state index contributed by atoms with van der Waals surface area (Å²) in [5, 5.41) is 4.45. The molecule has 0 saturated heterocycles. The van der Waals surface area contributed by atoms with Gasteiger partial charge >= 0.3 is 0 Å². The third kappa shape index (κ3) is 5.28. The van der Waals surface area contributed by atoms with E-state index in [0.29, 0.717) is 12.0 Å². The monoisotopic (exact) mass is 449 g/mol. The molecule has 2 aliphatic rings. The molecule has 4 rings (SSSR count). The molecule has 3 nitrogen and oxygen atoms in total. The molecule has 0 spiro atoms. The predicted octanol–water partition coefficient (Wildman–Crippen LogP) is 6.94. The van der Waals surface area contributed by atoms with Gasteiger partial charge in [0.05, 0.1) is 0 Å². The van der Waals surface area contributed by atoms with Crippen LogP contribution in [0.15, 0.2) is 42.5 Å². The van der Waals surface area contributed by atoms with Gasteiger partial charge in [-0.3, -0.25) is 0 Å². The Kier molecular flexibility index (Phi) is 7.72. The fraction of sp³-hybridized carbons (Fsp3) is 0.536. The molecule has 1 N–H and O–H groups in total. The molecule has 2 aromatic rings. The lowest BCUT2D eigenvalue weighted by atomic mass is 9.84. The van der Waals surface area contributed by atoms with Crippen LogP contribution in [0.4, 0.5) is 11.4 Å². The highest BCUT2D eigenvalue weighted by Gasteiger charge is 2.29. The van der Waals surface area contributed by atoms with Crippen molar-refractivity contribution < 1.29 is 0 Å².